The van der Waals surface area contributed by atoms with E-state index in [1.807, 2.05) is 49.4 Å². The molecule has 50 heavy (non-hydrogen) atoms. The van der Waals surface area contributed by atoms with E-state index in [1.165, 1.54) is 19.1 Å². The van der Waals surface area contributed by atoms with Gasteiger partial charge < -0.3 is 42.3 Å². The van der Waals surface area contributed by atoms with Gasteiger partial charge in [0.25, 0.3) is 0 Å². The molecule has 0 saturated carbocycles. The first-order chi connectivity index (χ1) is 24.0. The largest absolute Gasteiger partial charge is 0.484 e. The Labute approximate surface area is 288 Å². The average Bonchev–Trinajstić information content (AvgIpc) is 3.05. The van der Waals surface area contributed by atoms with Gasteiger partial charge in [0.15, 0.2) is 18.0 Å². The molecule has 14 heteroatoms. The van der Waals surface area contributed by atoms with Gasteiger partial charge in [0, 0.05) is 33.8 Å². The normalized spacial score (nSPS) is 20.1. The Balaban J connectivity index is 1.72. The molecule has 5 atom stereocenters. The van der Waals surface area contributed by atoms with Crippen LogP contribution in [0, 0.1) is 0 Å². The van der Waals surface area contributed by atoms with Crippen LogP contribution in [0.5, 0.6) is 17.2 Å². The lowest BCUT2D eigenvalue weighted by Crippen LogP contribution is -2.63. The van der Waals surface area contributed by atoms with E-state index in [0.717, 1.165) is 32.8 Å². The molecule has 3 aromatic rings. The quantitative estimate of drug-likeness (QED) is 0.0711. The number of fused-ring (bicyclic) bond motifs is 1. The lowest BCUT2D eigenvalue weighted by molar-refractivity contribution is -0.288. The van der Waals surface area contributed by atoms with E-state index in [-0.39, 0.29) is 36.0 Å². The number of rotatable bonds is 15. The molecule has 0 radical (unpaired) electrons. The van der Waals surface area contributed by atoms with Crippen LogP contribution in [-0.4, -0.2) is 67.8 Å². The van der Waals surface area contributed by atoms with Crippen LogP contribution in [0.1, 0.15) is 53.0 Å². The van der Waals surface area contributed by atoms with Crippen LogP contribution in [0.25, 0.3) is 11.0 Å². The van der Waals surface area contributed by atoms with E-state index >= 15 is 0 Å². The zero-order chi connectivity index (χ0) is 36.2. The summed E-state index contributed by atoms with van der Waals surface area (Å²) in [5.41, 5.74) is 0.137. The Hall–Kier alpha value is -5.37. The van der Waals surface area contributed by atoms with Crippen LogP contribution in [0.3, 0.4) is 0 Å². The fraction of sp³-hybridized carbons (Fsp3) is 0.417. The zero-order valence-electron chi connectivity index (χ0n) is 28.4. The van der Waals surface area contributed by atoms with Crippen LogP contribution in [0.15, 0.2) is 69.9 Å². The summed E-state index contributed by atoms with van der Waals surface area (Å²) in [5, 5.41) is 0.397. The maximum atomic E-state index is 13.3. The Morgan fingerprint density at radius 2 is 1.46 bits per heavy atom. The predicted molar refractivity (Wildman–Crippen MR) is 175 cm³/mol. The van der Waals surface area contributed by atoms with Gasteiger partial charge in [-0.05, 0) is 30.5 Å². The van der Waals surface area contributed by atoms with Crippen molar-refractivity contribution in [2.75, 3.05) is 13.2 Å². The zero-order valence-corrected chi connectivity index (χ0v) is 28.4. The highest BCUT2D eigenvalue weighted by atomic mass is 16.7. The maximum absolute atomic E-state index is 13.3. The first kappa shape index (κ1) is 37.4. The van der Waals surface area contributed by atoms with Gasteiger partial charge >= 0.3 is 29.5 Å². The molecule has 1 aliphatic heterocycles. The van der Waals surface area contributed by atoms with Gasteiger partial charge in [-0.15, -0.1) is 0 Å². The van der Waals surface area contributed by atoms with Crippen molar-refractivity contribution in [2.45, 2.75) is 84.8 Å². The molecule has 1 saturated heterocycles. The minimum absolute atomic E-state index is 0.0689. The van der Waals surface area contributed by atoms with Gasteiger partial charge in [-0.2, -0.15) is 0 Å². The van der Waals surface area contributed by atoms with Crippen molar-refractivity contribution in [1.82, 2.24) is 0 Å². The number of allylic oxidation sites excluding steroid dienone is 1. The number of esters is 4. The fourth-order valence-electron chi connectivity index (χ4n) is 5.14. The van der Waals surface area contributed by atoms with Crippen LogP contribution in [0.2, 0.25) is 0 Å². The molecule has 0 aliphatic carbocycles. The molecule has 268 valence electrons. The number of carbonyl (C=O) groups excluding carboxylic acids is 4. The van der Waals surface area contributed by atoms with Crippen LogP contribution < -0.4 is 19.8 Å². The predicted octanol–water partition coefficient (Wildman–Crippen LogP) is 4.57. The summed E-state index contributed by atoms with van der Waals surface area (Å²) in [6.07, 6.45) is -1.58. The number of ether oxygens (including phenoxy) is 8. The molecule has 0 amide bonds. The second kappa shape index (κ2) is 17.9. The third-order valence-corrected chi connectivity index (χ3v) is 7.15. The van der Waals surface area contributed by atoms with E-state index in [2.05, 4.69) is 0 Å². The molecule has 4 rings (SSSR count). The number of benzene rings is 2. The molecule has 0 N–H and O–H groups in total. The van der Waals surface area contributed by atoms with E-state index < -0.39 is 66.8 Å². The summed E-state index contributed by atoms with van der Waals surface area (Å²) in [7, 11) is 0. The Morgan fingerprint density at radius 1 is 0.780 bits per heavy atom. The highest BCUT2D eigenvalue weighted by molar-refractivity contribution is 5.86. The van der Waals surface area contributed by atoms with Crippen molar-refractivity contribution in [3.8, 4) is 17.2 Å². The SMILES string of the molecule is CCC=CCCOc1c(OCc2ccccc2)c2ccc(O[C@H]3O[C@H](COC(C)=O)[C@@H](OC(C)=O)[C@H](OC(C)=O)[C@@H]3OC(C)=O)cc2oc1=O. The summed E-state index contributed by atoms with van der Waals surface area (Å²) in [4.78, 5) is 61.3. The standard InChI is InChI=1S/C36H40O14/c1-6-7-8-12-17-42-33-30(44-19-25-13-10-9-11-14-25)27-16-15-26(18-28(27)49-35(33)41)48-36-34(47-24(5)40)32(46-23(4)39)31(45-22(3)38)29(50-36)20-43-21(2)37/h7-11,13-16,18,29,31-32,34,36H,6,12,17,19-20H2,1-5H3/t29-,31-,32+,34+,36+/m1/s1. The second-order valence-corrected chi connectivity index (χ2v) is 11.2. The topological polar surface area (TPSA) is 172 Å². The first-order valence-corrected chi connectivity index (χ1v) is 16.0. The molecule has 2 heterocycles. The number of hydrogen-bond acceptors (Lipinski definition) is 14. The second-order valence-electron chi connectivity index (χ2n) is 11.2. The molecule has 0 unspecified atom stereocenters. The van der Waals surface area contributed by atoms with Gasteiger partial charge in [-0.25, -0.2) is 4.79 Å². The van der Waals surface area contributed by atoms with E-state index in [0.29, 0.717) is 11.8 Å². The average molecular weight is 697 g/mol. The van der Waals surface area contributed by atoms with Crippen LogP contribution in [-0.2, 0) is 49.5 Å². The number of carbonyl (C=O) groups is 4. The van der Waals surface area contributed by atoms with Gasteiger partial charge in [-0.1, -0.05) is 49.4 Å². The number of hydrogen-bond donors (Lipinski definition) is 0. The molecule has 2 aromatic carbocycles. The molecule has 0 bridgehead atoms. The van der Waals surface area contributed by atoms with E-state index in [4.69, 9.17) is 42.3 Å². The lowest BCUT2D eigenvalue weighted by atomic mass is 9.98. The van der Waals surface area contributed by atoms with Crippen molar-refractivity contribution in [3.63, 3.8) is 0 Å². The summed E-state index contributed by atoms with van der Waals surface area (Å²) < 4.78 is 51.2. The van der Waals surface area contributed by atoms with Crippen LogP contribution in [0.4, 0.5) is 0 Å². The minimum atomic E-state index is -1.49. The molecular formula is C36H40O14. The molecule has 1 aromatic heterocycles. The molecule has 14 nitrogen and oxygen atoms in total. The Morgan fingerprint density at radius 3 is 2.12 bits per heavy atom. The van der Waals surface area contributed by atoms with Gasteiger partial charge in [-0.3, -0.25) is 19.2 Å². The van der Waals surface area contributed by atoms with Crippen molar-refractivity contribution >= 4 is 34.8 Å². The highest BCUT2D eigenvalue weighted by Gasteiger charge is 2.53. The van der Waals surface area contributed by atoms with Crippen LogP contribution >= 0.6 is 0 Å². The summed E-state index contributed by atoms with van der Waals surface area (Å²) >= 11 is 0. The van der Waals surface area contributed by atoms with E-state index in [1.54, 1.807) is 6.07 Å². The molecular weight excluding hydrogens is 656 g/mol. The lowest BCUT2D eigenvalue weighted by Gasteiger charge is -2.43. The summed E-state index contributed by atoms with van der Waals surface area (Å²) in [5.74, 6) is -2.84. The highest BCUT2D eigenvalue weighted by Crippen LogP contribution is 2.37. The first-order valence-electron chi connectivity index (χ1n) is 16.0. The monoisotopic (exact) mass is 696 g/mol. The smallest absolute Gasteiger partial charge is 0.383 e. The summed E-state index contributed by atoms with van der Waals surface area (Å²) in [6, 6.07) is 13.9. The molecule has 1 fully saturated rings. The Kier molecular flexibility index (Phi) is 13.4. The summed E-state index contributed by atoms with van der Waals surface area (Å²) in [6.45, 7) is 6.45. The third-order valence-electron chi connectivity index (χ3n) is 7.15. The van der Waals surface area contributed by atoms with Gasteiger partial charge in [0.1, 0.15) is 30.7 Å². The van der Waals surface area contributed by atoms with Crippen molar-refractivity contribution in [1.29, 1.82) is 0 Å². The minimum Gasteiger partial charge on any atom is -0.484 e. The maximum Gasteiger partial charge on any atom is 0.383 e. The molecule has 0 spiro atoms. The van der Waals surface area contributed by atoms with E-state index in [9.17, 15) is 24.0 Å². The van der Waals surface area contributed by atoms with Crippen molar-refractivity contribution < 1.29 is 61.5 Å². The third kappa shape index (κ3) is 10.3. The van der Waals surface area contributed by atoms with Crippen molar-refractivity contribution in [3.05, 3.63) is 76.7 Å². The van der Waals surface area contributed by atoms with Gasteiger partial charge in [0.2, 0.25) is 18.1 Å². The fourth-order valence-corrected chi connectivity index (χ4v) is 5.14. The Bertz CT molecular complexity index is 1730. The van der Waals surface area contributed by atoms with Crippen molar-refractivity contribution in [2.24, 2.45) is 0 Å². The van der Waals surface area contributed by atoms with Gasteiger partial charge in [0.05, 0.1) is 12.0 Å². The molecule has 1 aliphatic rings.